The standard InChI is InChI=1S/C14H11ClN2O3/c15-9-3-6-11(12(18)7-9)14(20)17-10-4-1-8(2-5-10)13(16)19/h1-7,18H,(H2,16,19)(H,17,20). The van der Waals surface area contributed by atoms with Crippen molar-refractivity contribution in [1.29, 1.82) is 0 Å². The number of halogens is 1. The maximum Gasteiger partial charge on any atom is 0.259 e. The predicted molar refractivity (Wildman–Crippen MR) is 76.0 cm³/mol. The van der Waals surface area contributed by atoms with Crippen LogP contribution in [-0.4, -0.2) is 16.9 Å². The Morgan fingerprint density at radius 1 is 1.10 bits per heavy atom. The van der Waals surface area contributed by atoms with Gasteiger partial charge in [0.1, 0.15) is 5.75 Å². The van der Waals surface area contributed by atoms with Gasteiger partial charge in [0.25, 0.3) is 5.91 Å². The predicted octanol–water partition coefficient (Wildman–Crippen LogP) is 2.40. The molecule has 2 rings (SSSR count). The van der Waals surface area contributed by atoms with Crippen LogP contribution in [0.15, 0.2) is 42.5 Å². The topological polar surface area (TPSA) is 92.4 Å². The Hall–Kier alpha value is -2.53. The van der Waals surface area contributed by atoms with Gasteiger partial charge in [0.15, 0.2) is 0 Å². The number of rotatable bonds is 3. The van der Waals surface area contributed by atoms with Gasteiger partial charge in [-0.05, 0) is 42.5 Å². The van der Waals surface area contributed by atoms with Crippen LogP contribution in [0.25, 0.3) is 0 Å². The number of nitrogens with two attached hydrogens (primary N) is 1. The number of carbonyl (C=O) groups excluding carboxylic acids is 2. The number of benzene rings is 2. The van der Waals surface area contributed by atoms with E-state index in [9.17, 15) is 14.7 Å². The molecule has 0 radical (unpaired) electrons. The fourth-order valence-corrected chi connectivity index (χ4v) is 1.78. The average molecular weight is 291 g/mol. The molecule has 0 aliphatic carbocycles. The first-order valence-electron chi connectivity index (χ1n) is 5.67. The third-order valence-electron chi connectivity index (χ3n) is 2.63. The number of primary amides is 1. The zero-order chi connectivity index (χ0) is 14.7. The Bertz CT molecular complexity index is 669. The lowest BCUT2D eigenvalue weighted by molar-refractivity contribution is 0.0998. The van der Waals surface area contributed by atoms with E-state index < -0.39 is 11.8 Å². The van der Waals surface area contributed by atoms with Crippen molar-refractivity contribution in [3.05, 3.63) is 58.6 Å². The van der Waals surface area contributed by atoms with Crippen molar-refractivity contribution in [3.63, 3.8) is 0 Å². The van der Waals surface area contributed by atoms with Crippen LogP contribution in [0.4, 0.5) is 5.69 Å². The number of nitrogens with one attached hydrogen (secondary N) is 1. The summed E-state index contributed by atoms with van der Waals surface area (Å²) in [7, 11) is 0. The molecule has 6 heteroatoms. The second-order valence-electron chi connectivity index (χ2n) is 4.06. The number of phenols is 1. The van der Waals surface area contributed by atoms with E-state index in [-0.39, 0.29) is 11.3 Å². The van der Waals surface area contributed by atoms with Gasteiger partial charge < -0.3 is 16.2 Å². The molecule has 2 aromatic carbocycles. The monoisotopic (exact) mass is 290 g/mol. The lowest BCUT2D eigenvalue weighted by atomic mass is 10.1. The lowest BCUT2D eigenvalue weighted by Crippen LogP contribution is -2.13. The van der Waals surface area contributed by atoms with Crippen LogP contribution in [0.5, 0.6) is 5.75 Å². The van der Waals surface area contributed by atoms with Crippen LogP contribution in [0.3, 0.4) is 0 Å². The molecule has 0 aliphatic rings. The van der Waals surface area contributed by atoms with Gasteiger partial charge in [-0.25, -0.2) is 0 Å². The summed E-state index contributed by atoms with van der Waals surface area (Å²) in [4.78, 5) is 22.9. The average Bonchev–Trinajstić information content (AvgIpc) is 2.39. The molecular formula is C14H11ClN2O3. The zero-order valence-electron chi connectivity index (χ0n) is 10.3. The van der Waals surface area contributed by atoms with E-state index in [2.05, 4.69) is 5.32 Å². The van der Waals surface area contributed by atoms with Crippen molar-refractivity contribution in [2.45, 2.75) is 0 Å². The highest BCUT2D eigenvalue weighted by Crippen LogP contribution is 2.23. The van der Waals surface area contributed by atoms with Crippen molar-refractivity contribution >= 4 is 29.1 Å². The molecule has 0 saturated heterocycles. The minimum atomic E-state index is -0.543. The summed E-state index contributed by atoms with van der Waals surface area (Å²) >= 11 is 5.69. The van der Waals surface area contributed by atoms with E-state index >= 15 is 0 Å². The van der Waals surface area contributed by atoms with E-state index in [1.165, 1.54) is 30.3 Å². The Labute approximate surface area is 120 Å². The number of carbonyl (C=O) groups is 2. The number of phenolic OH excluding ortho intramolecular Hbond substituents is 1. The molecule has 0 atom stereocenters. The third kappa shape index (κ3) is 3.07. The van der Waals surface area contributed by atoms with Gasteiger partial charge in [-0.3, -0.25) is 9.59 Å². The molecule has 0 spiro atoms. The summed E-state index contributed by atoms with van der Waals surface area (Å²) in [6, 6.07) is 10.3. The Morgan fingerprint density at radius 2 is 1.75 bits per heavy atom. The molecule has 0 aliphatic heterocycles. The van der Waals surface area contributed by atoms with Crippen LogP contribution >= 0.6 is 11.6 Å². The van der Waals surface area contributed by atoms with Crippen molar-refractivity contribution in [1.82, 2.24) is 0 Å². The van der Waals surface area contributed by atoms with Crippen LogP contribution in [0.2, 0.25) is 5.02 Å². The molecule has 4 N–H and O–H groups in total. The smallest absolute Gasteiger partial charge is 0.259 e. The van der Waals surface area contributed by atoms with Gasteiger partial charge in [0, 0.05) is 16.3 Å². The van der Waals surface area contributed by atoms with Gasteiger partial charge in [0.2, 0.25) is 5.91 Å². The molecule has 20 heavy (non-hydrogen) atoms. The summed E-state index contributed by atoms with van der Waals surface area (Å²) < 4.78 is 0. The molecule has 5 nitrogen and oxygen atoms in total. The maximum atomic E-state index is 12.0. The zero-order valence-corrected chi connectivity index (χ0v) is 11.0. The van der Waals surface area contributed by atoms with Gasteiger partial charge in [-0.2, -0.15) is 0 Å². The normalized spacial score (nSPS) is 10.1. The van der Waals surface area contributed by atoms with Gasteiger partial charge in [-0.1, -0.05) is 11.6 Å². The molecule has 0 fully saturated rings. The van der Waals surface area contributed by atoms with Crippen molar-refractivity contribution in [3.8, 4) is 5.75 Å². The van der Waals surface area contributed by atoms with Crippen LogP contribution in [0.1, 0.15) is 20.7 Å². The SMILES string of the molecule is NC(=O)c1ccc(NC(=O)c2ccc(Cl)cc2O)cc1. The summed E-state index contributed by atoms with van der Waals surface area (Å²) in [5.74, 6) is -1.23. The summed E-state index contributed by atoms with van der Waals surface area (Å²) in [5, 5.41) is 12.6. The molecule has 102 valence electrons. The Kier molecular flexibility index (Phi) is 3.91. The van der Waals surface area contributed by atoms with Crippen molar-refractivity contribution < 1.29 is 14.7 Å². The highest BCUT2D eigenvalue weighted by molar-refractivity contribution is 6.31. The fourth-order valence-electron chi connectivity index (χ4n) is 1.61. The van der Waals surface area contributed by atoms with E-state index in [0.717, 1.165) is 0 Å². The molecule has 0 heterocycles. The van der Waals surface area contributed by atoms with Gasteiger partial charge in [-0.15, -0.1) is 0 Å². The maximum absolute atomic E-state index is 12.0. The molecule has 0 aromatic heterocycles. The Balaban J connectivity index is 2.17. The van der Waals surface area contributed by atoms with Crippen LogP contribution in [-0.2, 0) is 0 Å². The largest absolute Gasteiger partial charge is 0.507 e. The van der Waals surface area contributed by atoms with E-state index in [0.29, 0.717) is 16.3 Å². The Morgan fingerprint density at radius 3 is 2.30 bits per heavy atom. The van der Waals surface area contributed by atoms with Gasteiger partial charge in [0.05, 0.1) is 5.56 Å². The minimum absolute atomic E-state index is 0.105. The van der Waals surface area contributed by atoms with Crippen LogP contribution in [0, 0.1) is 0 Å². The molecule has 0 saturated carbocycles. The molecule has 2 amide bonds. The van der Waals surface area contributed by atoms with E-state index in [1.807, 2.05) is 0 Å². The molecule has 2 aromatic rings. The first-order chi connectivity index (χ1) is 9.47. The van der Waals surface area contributed by atoms with Crippen molar-refractivity contribution in [2.75, 3.05) is 5.32 Å². The number of hydrogen-bond donors (Lipinski definition) is 3. The van der Waals surface area contributed by atoms with Crippen molar-refractivity contribution in [2.24, 2.45) is 5.73 Å². The molecular weight excluding hydrogens is 280 g/mol. The highest BCUT2D eigenvalue weighted by atomic mass is 35.5. The number of anilines is 1. The summed E-state index contributed by atoms with van der Waals surface area (Å²) in [6.07, 6.45) is 0. The molecule has 0 unspecified atom stereocenters. The summed E-state index contributed by atoms with van der Waals surface area (Å²) in [5.41, 5.74) is 6.05. The lowest BCUT2D eigenvalue weighted by Gasteiger charge is -2.07. The number of aromatic hydroxyl groups is 1. The quantitative estimate of drug-likeness (QED) is 0.810. The van der Waals surface area contributed by atoms with Gasteiger partial charge >= 0.3 is 0 Å². The molecule has 0 bridgehead atoms. The first kappa shape index (κ1) is 13.9. The minimum Gasteiger partial charge on any atom is -0.507 e. The number of hydrogen-bond acceptors (Lipinski definition) is 3. The second kappa shape index (κ2) is 5.63. The third-order valence-corrected chi connectivity index (χ3v) is 2.87. The highest BCUT2D eigenvalue weighted by Gasteiger charge is 2.11. The summed E-state index contributed by atoms with van der Waals surface area (Å²) in [6.45, 7) is 0. The van der Waals surface area contributed by atoms with E-state index in [1.54, 1.807) is 12.1 Å². The van der Waals surface area contributed by atoms with E-state index in [4.69, 9.17) is 17.3 Å². The number of amides is 2. The van der Waals surface area contributed by atoms with Crippen LogP contribution < -0.4 is 11.1 Å². The second-order valence-corrected chi connectivity index (χ2v) is 4.49. The first-order valence-corrected chi connectivity index (χ1v) is 6.05. The fraction of sp³-hybridized carbons (Fsp3) is 0.